The van der Waals surface area contributed by atoms with Gasteiger partial charge in [0.2, 0.25) is 0 Å². The Hall–Kier alpha value is -2.01. The van der Waals surface area contributed by atoms with Gasteiger partial charge in [0.1, 0.15) is 16.6 Å². The molecular weight excluding hydrogens is 261 g/mol. The molecule has 1 aromatic carbocycles. The van der Waals surface area contributed by atoms with Crippen LogP contribution in [0.5, 0.6) is 0 Å². The molecule has 0 saturated carbocycles. The van der Waals surface area contributed by atoms with Crippen LogP contribution in [0.2, 0.25) is 0 Å². The second-order valence-electron chi connectivity index (χ2n) is 4.35. The molecule has 2 rings (SSSR count). The lowest BCUT2D eigenvalue weighted by Gasteiger charge is -2.10. The molecule has 0 aliphatic rings. The first-order valence-corrected chi connectivity index (χ1v) is 6.18. The van der Waals surface area contributed by atoms with Gasteiger partial charge in [-0.25, -0.2) is 9.37 Å². The lowest BCUT2D eigenvalue weighted by atomic mass is 10.2. The van der Waals surface area contributed by atoms with Crippen LogP contribution >= 0.6 is 12.2 Å². The van der Waals surface area contributed by atoms with E-state index in [1.807, 2.05) is 13.8 Å². The number of anilines is 2. The highest BCUT2D eigenvalue weighted by Crippen LogP contribution is 2.21. The van der Waals surface area contributed by atoms with Gasteiger partial charge < -0.3 is 11.1 Å². The molecule has 5 heteroatoms. The largest absolute Gasteiger partial charge is 0.389 e. The van der Waals surface area contributed by atoms with Crippen LogP contribution in [0, 0.1) is 19.7 Å². The lowest BCUT2D eigenvalue weighted by molar-refractivity contribution is 0.631. The fourth-order valence-corrected chi connectivity index (χ4v) is 1.87. The van der Waals surface area contributed by atoms with Gasteiger partial charge in [-0.3, -0.25) is 0 Å². The van der Waals surface area contributed by atoms with Crippen molar-refractivity contribution in [2.45, 2.75) is 13.8 Å². The molecule has 1 heterocycles. The molecular formula is C14H14FN3S. The Morgan fingerprint density at radius 2 is 2.00 bits per heavy atom. The van der Waals surface area contributed by atoms with Crippen molar-refractivity contribution in [3.05, 3.63) is 53.0 Å². The van der Waals surface area contributed by atoms with Crippen LogP contribution in [0.4, 0.5) is 15.9 Å². The van der Waals surface area contributed by atoms with E-state index in [1.165, 1.54) is 6.07 Å². The average molecular weight is 275 g/mol. The van der Waals surface area contributed by atoms with Crippen molar-refractivity contribution in [1.82, 2.24) is 4.98 Å². The first kappa shape index (κ1) is 13.4. The van der Waals surface area contributed by atoms with Crippen LogP contribution < -0.4 is 11.1 Å². The number of hydrogen-bond donors (Lipinski definition) is 2. The third-order valence-corrected chi connectivity index (χ3v) is 2.86. The number of aromatic nitrogens is 1. The topological polar surface area (TPSA) is 50.9 Å². The number of thiocarbonyl (C=S) groups is 1. The molecule has 0 spiro atoms. The Morgan fingerprint density at radius 3 is 2.68 bits per heavy atom. The van der Waals surface area contributed by atoms with E-state index >= 15 is 0 Å². The van der Waals surface area contributed by atoms with Crippen LogP contribution in [0.15, 0.2) is 30.3 Å². The van der Waals surface area contributed by atoms with Crippen molar-refractivity contribution in [3.8, 4) is 0 Å². The van der Waals surface area contributed by atoms with Gasteiger partial charge in [-0.1, -0.05) is 18.3 Å². The summed E-state index contributed by atoms with van der Waals surface area (Å²) in [6.45, 7) is 3.73. The minimum absolute atomic E-state index is 0.290. The monoisotopic (exact) mass is 275 g/mol. The van der Waals surface area contributed by atoms with Gasteiger partial charge in [-0.15, -0.1) is 0 Å². The number of rotatable bonds is 3. The molecule has 0 aliphatic carbocycles. The predicted octanol–water partition coefficient (Wildman–Crippen LogP) is 3.22. The van der Waals surface area contributed by atoms with Crippen LogP contribution in [-0.4, -0.2) is 9.97 Å². The van der Waals surface area contributed by atoms with Gasteiger partial charge in [0, 0.05) is 11.3 Å². The number of nitrogens with two attached hydrogens (primary N) is 1. The zero-order valence-corrected chi connectivity index (χ0v) is 11.5. The van der Waals surface area contributed by atoms with Crippen molar-refractivity contribution in [3.63, 3.8) is 0 Å². The van der Waals surface area contributed by atoms with Crippen LogP contribution in [-0.2, 0) is 0 Å². The first-order chi connectivity index (χ1) is 8.95. The molecule has 1 aromatic heterocycles. The quantitative estimate of drug-likeness (QED) is 0.845. The standard InChI is InChI=1S/C14H14FN3S/c1-8-3-4-11(15)12(5-8)18-13-7-10(14(16)19)6-9(2)17-13/h3-7H,1-2H3,(H2,16,19)(H,17,18). The van der Waals surface area contributed by atoms with Gasteiger partial charge in [0.05, 0.1) is 5.69 Å². The Bertz CT molecular complexity index is 641. The molecule has 0 fully saturated rings. The van der Waals surface area contributed by atoms with Crippen LogP contribution in [0.3, 0.4) is 0 Å². The summed E-state index contributed by atoms with van der Waals surface area (Å²) in [6, 6.07) is 8.35. The van der Waals surface area contributed by atoms with Gasteiger partial charge in [-0.05, 0) is 43.7 Å². The summed E-state index contributed by atoms with van der Waals surface area (Å²) in [4.78, 5) is 4.58. The molecule has 98 valence electrons. The van der Waals surface area contributed by atoms with E-state index in [4.69, 9.17) is 18.0 Å². The van der Waals surface area contributed by atoms with E-state index in [-0.39, 0.29) is 5.82 Å². The molecule has 19 heavy (non-hydrogen) atoms. The summed E-state index contributed by atoms with van der Waals surface area (Å²) < 4.78 is 13.7. The summed E-state index contributed by atoms with van der Waals surface area (Å²) in [6.07, 6.45) is 0. The second-order valence-corrected chi connectivity index (χ2v) is 4.79. The summed E-state index contributed by atoms with van der Waals surface area (Å²) in [5, 5.41) is 2.95. The molecule has 0 saturated heterocycles. The maximum atomic E-state index is 13.7. The van der Waals surface area contributed by atoms with Crippen LogP contribution in [0.25, 0.3) is 0 Å². The zero-order valence-electron chi connectivity index (χ0n) is 10.7. The van der Waals surface area contributed by atoms with E-state index in [1.54, 1.807) is 24.3 Å². The number of nitrogens with zero attached hydrogens (tertiary/aromatic N) is 1. The van der Waals surface area contributed by atoms with E-state index in [2.05, 4.69) is 10.3 Å². The highest BCUT2D eigenvalue weighted by Gasteiger charge is 2.06. The molecule has 0 amide bonds. The Morgan fingerprint density at radius 1 is 1.26 bits per heavy atom. The zero-order chi connectivity index (χ0) is 14.0. The summed E-state index contributed by atoms with van der Waals surface area (Å²) >= 11 is 4.94. The molecule has 0 unspecified atom stereocenters. The second kappa shape index (κ2) is 5.32. The number of nitrogens with one attached hydrogen (secondary N) is 1. The van der Waals surface area contributed by atoms with E-state index in [0.717, 1.165) is 11.3 Å². The molecule has 0 atom stereocenters. The first-order valence-electron chi connectivity index (χ1n) is 5.77. The lowest BCUT2D eigenvalue weighted by Crippen LogP contribution is -2.11. The van der Waals surface area contributed by atoms with Gasteiger partial charge >= 0.3 is 0 Å². The smallest absolute Gasteiger partial charge is 0.146 e. The third-order valence-electron chi connectivity index (χ3n) is 2.62. The number of halogens is 1. The van der Waals surface area contributed by atoms with Gasteiger partial charge in [0.15, 0.2) is 0 Å². The number of hydrogen-bond acceptors (Lipinski definition) is 3. The Kier molecular flexibility index (Phi) is 3.76. The highest BCUT2D eigenvalue weighted by molar-refractivity contribution is 7.80. The minimum atomic E-state index is -0.328. The number of aryl methyl sites for hydroxylation is 2. The van der Waals surface area contributed by atoms with E-state index in [0.29, 0.717) is 22.1 Å². The number of benzene rings is 1. The SMILES string of the molecule is Cc1ccc(F)c(Nc2cc(C(N)=S)cc(C)n2)c1. The van der Waals surface area contributed by atoms with Gasteiger partial charge in [-0.2, -0.15) is 0 Å². The summed E-state index contributed by atoms with van der Waals surface area (Å²) in [5.74, 6) is 0.193. The normalized spacial score (nSPS) is 10.3. The van der Waals surface area contributed by atoms with E-state index < -0.39 is 0 Å². The minimum Gasteiger partial charge on any atom is -0.389 e. The fraction of sp³-hybridized carbons (Fsp3) is 0.143. The van der Waals surface area contributed by atoms with Crippen molar-refractivity contribution < 1.29 is 4.39 Å². The van der Waals surface area contributed by atoms with Crippen LogP contribution in [0.1, 0.15) is 16.8 Å². The molecule has 0 radical (unpaired) electrons. The maximum absolute atomic E-state index is 13.7. The summed E-state index contributed by atoms with van der Waals surface area (Å²) in [5.41, 5.74) is 8.42. The molecule has 3 N–H and O–H groups in total. The Balaban J connectivity index is 2.38. The predicted molar refractivity (Wildman–Crippen MR) is 79.3 cm³/mol. The Labute approximate surface area is 116 Å². The van der Waals surface area contributed by atoms with Crippen molar-refractivity contribution in [2.24, 2.45) is 5.73 Å². The third kappa shape index (κ3) is 3.26. The fourth-order valence-electron chi connectivity index (χ4n) is 1.75. The molecule has 3 nitrogen and oxygen atoms in total. The number of pyridine rings is 1. The molecule has 0 bridgehead atoms. The molecule has 0 aliphatic heterocycles. The van der Waals surface area contributed by atoms with E-state index in [9.17, 15) is 4.39 Å². The molecule has 2 aromatic rings. The van der Waals surface area contributed by atoms with Crippen molar-refractivity contribution >= 4 is 28.7 Å². The average Bonchev–Trinajstić information content (AvgIpc) is 2.33. The van der Waals surface area contributed by atoms with Gasteiger partial charge in [0.25, 0.3) is 0 Å². The highest BCUT2D eigenvalue weighted by atomic mass is 32.1. The maximum Gasteiger partial charge on any atom is 0.146 e. The summed E-state index contributed by atoms with van der Waals surface area (Å²) in [7, 11) is 0. The van der Waals surface area contributed by atoms with Crippen molar-refractivity contribution in [2.75, 3.05) is 5.32 Å². The van der Waals surface area contributed by atoms with Crippen molar-refractivity contribution in [1.29, 1.82) is 0 Å².